The molecule has 7 heteroatoms. The lowest BCUT2D eigenvalue weighted by Gasteiger charge is -2.37. The number of anilines is 2. The van der Waals surface area contributed by atoms with Crippen molar-refractivity contribution in [3.05, 3.63) is 84.7 Å². The first-order valence-corrected chi connectivity index (χ1v) is 11.9. The Bertz CT molecular complexity index is 1200. The molecule has 0 spiro atoms. The van der Waals surface area contributed by atoms with Gasteiger partial charge in [-0.3, -0.25) is 19.3 Å². The molecule has 7 nitrogen and oxygen atoms in total. The Morgan fingerprint density at radius 3 is 2.45 bits per heavy atom. The number of nitrogens with zero attached hydrogens (tertiary/aromatic N) is 7. The number of imidazole rings is 1. The van der Waals surface area contributed by atoms with Crippen molar-refractivity contribution in [2.45, 2.75) is 25.4 Å². The van der Waals surface area contributed by atoms with Crippen molar-refractivity contribution < 1.29 is 0 Å². The summed E-state index contributed by atoms with van der Waals surface area (Å²) < 4.78 is 2.27. The van der Waals surface area contributed by atoms with Crippen LogP contribution in [0.15, 0.2) is 73.3 Å². The SMILES string of the molecule is c1ccc(C2CCCN2Cc2nc3ccccn3c2N2CCN(c3ccncc3)CC2)nc1. The third-order valence-corrected chi connectivity index (χ3v) is 6.93. The molecule has 0 aromatic carbocycles. The first-order chi connectivity index (χ1) is 16.4. The molecule has 33 heavy (non-hydrogen) atoms. The van der Waals surface area contributed by atoms with Gasteiger partial charge in [-0.15, -0.1) is 0 Å². The number of likely N-dealkylation sites (tertiary alicyclic amines) is 1. The zero-order valence-corrected chi connectivity index (χ0v) is 18.8. The van der Waals surface area contributed by atoms with E-state index in [1.54, 1.807) is 0 Å². The van der Waals surface area contributed by atoms with E-state index in [0.29, 0.717) is 6.04 Å². The second-order valence-electron chi connectivity index (χ2n) is 8.87. The molecule has 2 aliphatic rings. The normalized spacial score (nSPS) is 19.5. The predicted molar refractivity (Wildman–Crippen MR) is 130 cm³/mol. The lowest BCUT2D eigenvalue weighted by molar-refractivity contribution is 0.242. The molecule has 6 rings (SSSR count). The van der Waals surface area contributed by atoms with Gasteiger partial charge in [0.05, 0.1) is 17.4 Å². The minimum atomic E-state index is 0.368. The highest BCUT2D eigenvalue weighted by molar-refractivity contribution is 5.58. The Balaban J connectivity index is 1.27. The summed E-state index contributed by atoms with van der Waals surface area (Å²) >= 11 is 0. The third kappa shape index (κ3) is 3.93. The van der Waals surface area contributed by atoms with Gasteiger partial charge in [-0.2, -0.15) is 0 Å². The second kappa shape index (κ2) is 8.83. The summed E-state index contributed by atoms with van der Waals surface area (Å²) in [5.74, 6) is 1.24. The molecule has 4 aromatic heterocycles. The number of fused-ring (bicyclic) bond motifs is 1. The van der Waals surface area contributed by atoms with Crippen molar-refractivity contribution in [1.82, 2.24) is 24.3 Å². The van der Waals surface area contributed by atoms with Crippen LogP contribution in [0.2, 0.25) is 0 Å². The second-order valence-corrected chi connectivity index (χ2v) is 8.87. The van der Waals surface area contributed by atoms with Crippen LogP contribution in [-0.4, -0.2) is 57.0 Å². The molecule has 0 bridgehead atoms. The van der Waals surface area contributed by atoms with Gasteiger partial charge in [0, 0.05) is 63.2 Å². The number of piperazine rings is 1. The molecule has 6 heterocycles. The molecule has 1 atom stereocenters. The van der Waals surface area contributed by atoms with Crippen LogP contribution in [0.25, 0.3) is 5.65 Å². The molecular formula is C26H29N7. The fourth-order valence-corrected chi connectivity index (χ4v) is 5.32. The Labute approximate surface area is 194 Å². The summed E-state index contributed by atoms with van der Waals surface area (Å²) in [6.45, 7) is 5.87. The molecule has 2 fully saturated rings. The van der Waals surface area contributed by atoms with Crippen LogP contribution in [0, 0.1) is 0 Å². The minimum Gasteiger partial charge on any atom is -0.368 e. The summed E-state index contributed by atoms with van der Waals surface area (Å²) in [5.41, 5.74) is 4.61. The van der Waals surface area contributed by atoms with Crippen LogP contribution in [0.5, 0.6) is 0 Å². The van der Waals surface area contributed by atoms with E-state index >= 15 is 0 Å². The molecule has 168 valence electrons. The zero-order valence-electron chi connectivity index (χ0n) is 18.8. The highest BCUT2D eigenvalue weighted by Crippen LogP contribution is 2.34. The van der Waals surface area contributed by atoms with E-state index in [1.165, 1.54) is 29.3 Å². The van der Waals surface area contributed by atoms with Gasteiger partial charge in [0.25, 0.3) is 0 Å². The van der Waals surface area contributed by atoms with E-state index in [1.807, 2.05) is 24.7 Å². The molecule has 2 aliphatic heterocycles. The molecule has 2 saturated heterocycles. The molecule has 0 N–H and O–H groups in total. The average Bonchev–Trinajstić information content (AvgIpc) is 3.50. The largest absolute Gasteiger partial charge is 0.368 e. The highest BCUT2D eigenvalue weighted by atomic mass is 15.3. The van der Waals surface area contributed by atoms with Crippen molar-refractivity contribution in [3.63, 3.8) is 0 Å². The first kappa shape index (κ1) is 20.2. The molecule has 0 radical (unpaired) electrons. The van der Waals surface area contributed by atoms with Crippen LogP contribution < -0.4 is 9.80 Å². The predicted octanol–water partition coefficient (Wildman–Crippen LogP) is 3.79. The van der Waals surface area contributed by atoms with Crippen LogP contribution in [0.3, 0.4) is 0 Å². The monoisotopic (exact) mass is 439 g/mol. The highest BCUT2D eigenvalue weighted by Gasteiger charge is 2.30. The molecule has 4 aromatic rings. The van der Waals surface area contributed by atoms with E-state index < -0.39 is 0 Å². The molecule has 0 amide bonds. The van der Waals surface area contributed by atoms with E-state index in [0.717, 1.165) is 51.3 Å². The van der Waals surface area contributed by atoms with Crippen molar-refractivity contribution in [2.75, 3.05) is 42.5 Å². The average molecular weight is 440 g/mol. The van der Waals surface area contributed by atoms with Crippen LogP contribution >= 0.6 is 0 Å². The van der Waals surface area contributed by atoms with Gasteiger partial charge < -0.3 is 9.80 Å². The Hall–Kier alpha value is -3.45. The number of aromatic nitrogens is 4. The van der Waals surface area contributed by atoms with E-state index in [9.17, 15) is 0 Å². The van der Waals surface area contributed by atoms with Crippen molar-refractivity contribution in [2.24, 2.45) is 0 Å². The molecular weight excluding hydrogens is 410 g/mol. The lowest BCUT2D eigenvalue weighted by atomic mass is 10.1. The standard InChI is InChI=1S/C26H29N7/c1-3-11-28-22(6-1)24-7-5-14-32(24)20-23-26(33-15-4-2-8-25(33)29-23)31-18-16-30(17-19-31)21-9-12-27-13-10-21/h1-4,6,8-13,15,24H,5,7,14,16-20H2. The van der Waals surface area contributed by atoms with E-state index in [4.69, 9.17) is 4.98 Å². The van der Waals surface area contributed by atoms with Gasteiger partial charge in [-0.05, 0) is 55.8 Å². The maximum absolute atomic E-state index is 5.09. The summed E-state index contributed by atoms with van der Waals surface area (Å²) in [6, 6.07) is 17.1. The van der Waals surface area contributed by atoms with Gasteiger partial charge in [-0.1, -0.05) is 12.1 Å². The Morgan fingerprint density at radius 2 is 1.64 bits per heavy atom. The van der Waals surface area contributed by atoms with Gasteiger partial charge in [-0.25, -0.2) is 4.98 Å². The Kier molecular flexibility index (Phi) is 5.40. The number of hydrogen-bond acceptors (Lipinski definition) is 6. The maximum atomic E-state index is 5.09. The van der Waals surface area contributed by atoms with E-state index in [-0.39, 0.29) is 0 Å². The van der Waals surface area contributed by atoms with Crippen LogP contribution in [0.4, 0.5) is 11.5 Å². The van der Waals surface area contributed by atoms with Gasteiger partial charge >= 0.3 is 0 Å². The zero-order chi connectivity index (χ0) is 22.0. The van der Waals surface area contributed by atoms with Crippen LogP contribution in [-0.2, 0) is 6.54 Å². The fourth-order valence-electron chi connectivity index (χ4n) is 5.32. The smallest absolute Gasteiger partial charge is 0.138 e. The minimum absolute atomic E-state index is 0.368. The summed E-state index contributed by atoms with van der Waals surface area (Å²) in [4.78, 5) is 21.4. The summed E-state index contributed by atoms with van der Waals surface area (Å²) in [5, 5.41) is 0. The topological polar surface area (TPSA) is 52.8 Å². The summed E-state index contributed by atoms with van der Waals surface area (Å²) in [6.07, 6.45) is 10.2. The number of pyridine rings is 3. The van der Waals surface area contributed by atoms with Crippen LogP contribution in [0.1, 0.15) is 30.3 Å². The van der Waals surface area contributed by atoms with E-state index in [2.05, 4.69) is 77.7 Å². The summed E-state index contributed by atoms with van der Waals surface area (Å²) in [7, 11) is 0. The first-order valence-electron chi connectivity index (χ1n) is 11.9. The maximum Gasteiger partial charge on any atom is 0.138 e. The molecule has 0 aliphatic carbocycles. The van der Waals surface area contributed by atoms with Crippen molar-refractivity contribution >= 4 is 17.2 Å². The third-order valence-electron chi connectivity index (χ3n) is 6.93. The molecule has 0 saturated carbocycles. The van der Waals surface area contributed by atoms with Crippen molar-refractivity contribution in [1.29, 1.82) is 0 Å². The Morgan fingerprint density at radius 1 is 0.818 bits per heavy atom. The quantitative estimate of drug-likeness (QED) is 0.472. The van der Waals surface area contributed by atoms with Gasteiger partial charge in [0.15, 0.2) is 0 Å². The molecule has 1 unspecified atom stereocenters. The van der Waals surface area contributed by atoms with Crippen molar-refractivity contribution in [3.8, 4) is 0 Å². The number of rotatable bonds is 5. The van der Waals surface area contributed by atoms with Gasteiger partial charge in [0.2, 0.25) is 0 Å². The van der Waals surface area contributed by atoms with Gasteiger partial charge in [0.1, 0.15) is 11.5 Å². The fraction of sp³-hybridized carbons (Fsp3) is 0.346. The lowest BCUT2D eigenvalue weighted by Crippen LogP contribution is -2.47. The number of hydrogen-bond donors (Lipinski definition) is 0.